The van der Waals surface area contributed by atoms with E-state index in [2.05, 4.69) is 58.7 Å². The number of benzene rings is 3. The first-order valence-electron chi connectivity index (χ1n) is 11.1. The maximum atomic E-state index is 6.68. The predicted molar refractivity (Wildman–Crippen MR) is 129 cm³/mol. The van der Waals surface area contributed by atoms with Crippen molar-refractivity contribution in [3.05, 3.63) is 101 Å². The van der Waals surface area contributed by atoms with Gasteiger partial charge in [0.25, 0.3) is 0 Å². The molecule has 0 unspecified atom stereocenters. The third kappa shape index (κ3) is 3.20. The van der Waals surface area contributed by atoms with E-state index in [0.717, 1.165) is 45.2 Å². The fourth-order valence-corrected chi connectivity index (χ4v) is 4.70. The fourth-order valence-electron chi connectivity index (χ4n) is 4.70. The third-order valence-corrected chi connectivity index (χ3v) is 6.43. The van der Waals surface area contributed by atoms with E-state index in [-0.39, 0.29) is 12.1 Å². The largest absolute Gasteiger partial charge is 0.497 e. The van der Waals surface area contributed by atoms with Crippen LogP contribution < -0.4 is 19.5 Å². The summed E-state index contributed by atoms with van der Waals surface area (Å²) in [6.45, 7) is 2.09. The first-order chi connectivity index (χ1) is 16.7. The van der Waals surface area contributed by atoms with Gasteiger partial charge in [-0.15, -0.1) is 0 Å². The molecule has 2 aliphatic rings. The van der Waals surface area contributed by atoms with Crippen LogP contribution in [0.15, 0.2) is 78.6 Å². The summed E-state index contributed by atoms with van der Waals surface area (Å²) in [5.41, 5.74) is 6.30. The molecule has 2 atom stereocenters. The van der Waals surface area contributed by atoms with Gasteiger partial charge in [0, 0.05) is 11.1 Å². The van der Waals surface area contributed by atoms with E-state index in [1.165, 1.54) is 5.56 Å². The number of hydrogen-bond donors (Lipinski definition) is 1. The van der Waals surface area contributed by atoms with Crippen LogP contribution in [-0.2, 0) is 0 Å². The quantitative estimate of drug-likeness (QED) is 0.461. The number of nitrogens with one attached hydrogen (secondary N) is 1. The van der Waals surface area contributed by atoms with Crippen LogP contribution in [0.1, 0.15) is 34.4 Å². The molecule has 6 rings (SSSR count). The zero-order valence-corrected chi connectivity index (χ0v) is 19.1. The van der Waals surface area contributed by atoms with Gasteiger partial charge in [-0.25, -0.2) is 4.68 Å². The molecule has 4 aromatic rings. The smallest absolute Gasteiger partial charge is 0.226 e. The molecule has 34 heavy (non-hydrogen) atoms. The van der Waals surface area contributed by atoms with Crippen LogP contribution in [0, 0.1) is 6.92 Å². The Labute approximate surface area is 197 Å². The number of aromatic nitrogens is 3. The summed E-state index contributed by atoms with van der Waals surface area (Å²) < 4.78 is 19.5. The Morgan fingerprint density at radius 3 is 2.32 bits per heavy atom. The van der Waals surface area contributed by atoms with Crippen molar-refractivity contribution in [2.24, 2.45) is 0 Å². The molecule has 0 amide bonds. The molecular weight excluding hydrogens is 428 g/mol. The van der Waals surface area contributed by atoms with E-state index >= 15 is 0 Å². The average molecular weight is 453 g/mol. The minimum atomic E-state index is -0.312. The minimum Gasteiger partial charge on any atom is -0.497 e. The number of ether oxygens (including phenoxy) is 3. The molecular formula is C27H24N4O3. The van der Waals surface area contributed by atoms with Crippen molar-refractivity contribution in [3.63, 3.8) is 0 Å². The summed E-state index contributed by atoms with van der Waals surface area (Å²) in [6, 6.07) is 22.2. The predicted octanol–water partition coefficient (Wildman–Crippen LogP) is 5.16. The molecule has 1 N–H and O–H groups in total. The molecule has 0 saturated heterocycles. The molecule has 2 aliphatic heterocycles. The Morgan fingerprint density at radius 1 is 0.882 bits per heavy atom. The Hall–Kier alpha value is -4.26. The highest BCUT2D eigenvalue weighted by molar-refractivity contribution is 5.85. The molecule has 0 bridgehead atoms. The van der Waals surface area contributed by atoms with Gasteiger partial charge in [0.15, 0.2) is 0 Å². The van der Waals surface area contributed by atoms with Gasteiger partial charge in [-0.05, 0) is 48.4 Å². The van der Waals surface area contributed by atoms with Gasteiger partial charge in [-0.1, -0.05) is 42.0 Å². The first kappa shape index (κ1) is 20.4. The van der Waals surface area contributed by atoms with E-state index in [9.17, 15) is 0 Å². The third-order valence-electron chi connectivity index (χ3n) is 6.43. The summed E-state index contributed by atoms with van der Waals surface area (Å²) in [4.78, 5) is 4.49. The summed E-state index contributed by atoms with van der Waals surface area (Å²) >= 11 is 0. The topological polar surface area (TPSA) is 70.4 Å². The number of rotatable bonds is 4. The van der Waals surface area contributed by atoms with Crippen molar-refractivity contribution in [1.82, 2.24) is 14.8 Å². The van der Waals surface area contributed by atoms with E-state index in [0.29, 0.717) is 5.95 Å². The van der Waals surface area contributed by atoms with E-state index in [4.69, 9.17) is 14.2 Å². The number of nitrogens with zero attached hydrogens (tertiary/aromatic N) is 3. The van der Waals surface area contributed by atoms with Crippen molar-refractivity contribution >= 4 is 11.6 Å². The van der Waals surface area contributed by atoms with Gasteiger partial charge in [0.05, 0.1) is 19.9 Å². The van der Waals surface area contributed by atoms with Crippen LogP contribution in [0.3, 0.4) is 0 Å². The summed E-state index contributed by atoms with van der Waals surface area (Å²) in [6.07, 6.45) is 1.26. The number of anilines is 1. The van der Waals surface area contributed by atoms with Crippen molar-refractivity contribution in [3.8, 4) is 17.2 Å². The van der Waals surface area contributed by atoms with Gasteiger partial charge in [-0.2, -0.15) is 10.1 Å². The van der Waals surface area contributed by atoms with E-state index in [1.807, 2.05) is 35.0 Å². The second kappa shape index (κ2) is 7.95. The number of fused-ring (bicyclic) bond motifs is 3. The van der Waals surface area contributed by atoms with Gasteiger partial charge in [-0.3, -0.25) is 0 Å². The van der Waals surface area contributed by atoms with E-state index < -0.39 is 0 Å². The van der Waals surface area contributed by atoms with Crippen molar-refractivity contribution in [2.45, 2.75) is 19.1 Å². The number of aryl methyl sites for hydroxylation is 1. The molecule has 0 fully saturated rings. The van der Waals surface area contributed by atoms with Crippen molar-refractivity contribution in [2.75, 3.05) is 19.5 Å². The first-order valence-corrected chi connectivity index (χ1v) is 11.1. The molecule has 0 aliphatic carbocycles. The molecule has 7 nitrogen and oxygen atoms in total. The molecule has 1 aromatic heterocycles. The maximum absolute atomic E-state index is 6.68. The van der Waals surface area contributed by atoms with Gasteiger partial charge >= 0.3 is 0 Å². The lowest BCUT2D eigenvalue weighted by Crippen LogP contribution is -2.32. The Kier molecular flexibility index (Phi) is 4.76. The normalized spacial score (nSPS) is 18.2. The SMILES string of the molecule is COc1ccc([C@H]2C3=C(Nc4ncnn42)c2cc(OC)ccc2O[C@H]3c2ccc(C)cc2)cc1. The molecule has 7 heteroatoms. The molecule has 170 valence electrons. The van der Waals surface area contributed by atoms with E-state index in [1.54, 1.807) is 20.5 Å². The minimum absolute atomic E-state index is 0.217. The Bertz CT molecular complexity index is 1390. The van der Waals surface area contributed by atoms with Crippen molar-refractivity contribution in [1.29, 1.82) is 0 Å². The Balaban J connectivity index is 1.61. The van der Waals surface area contributed by atoms with Crippen LogP contribution in [0.2, 0.25) is 0 Å². The zero-order chi connectivity index (χ0) is 23.2. The molecule has 0 spiro atoms. The standard InChI is InChI=1S/C27H24N4O3/c1-16-4-6-18(7-5-16)26-23-24(21-14-20(33-3)12-13-22(21)34-26)30-27-28-15-29-31(27)25(23)17-8-10-19(32-2)11-9-17/h4-15,25-26H,1-3H3,(H,28,29,30)/t25-,26-/m0/s1. The van der Waals surface area contributed by atoms with Gasteiger partial charge in [0.2, 0.25) is 5.95 Å². The van der Waals surface area contributed by atoms with Gasteiger partial charge < -0.3 is 19.5 Å². The highest BCUT2D eigenvalue weighted by Crippen LogP contribution is 2.51. The molecule has 0 saturated carbocycles. The summed E-state index contributed by atoms with van der Waals surface area (Å²) in [7, 11) is 3.34. The summed E-state index contributed by atoms with van der Waals surface area (Å²) in [5, 5.41) is 8.11. The lowest BCUT2D eigenvalue weighted by Gasteiger charge is -2.39. The lowest BCUT2D eigenvalue weighted by molar-refractivity contribution is 0.222. The van der Waals surface area contributed by atoms with Crippen LogP contribution in [0.4, 0.5) is 5.95 Å². The second-order valence-electron chi connectivity index (χ2n) is 8.43. The van der Waals surface area contributed by atoms with Gasteiger partial charge in [0.1, 0.15) is 35.7 Å². The molecule has 0 radical (unpaired) electrons. The molecule has 3 aromatic carbocycles. The van der Waals surface area contributed by atoms with Crippen LogP contribution in [0.25, 0.3) is 5.70 Å². The molecule has 3 heterocycles. The van der Waals surface area contributed by atoms with Crippen molar-refractivity contribution < 1.29 is 14.2 Å². The highest BCUT2D eigenvalue weighted by Gasteiger charge is 2.41. The zero-order valence-electron chi connectivity index (χ0n) is 19.1. The maximum Gasteiger partial charge on any atom is 0.226 e. The second-order valence-corrected chi connectivity index (χ2v) is 8.43. The summed E-state index contributed by atoms with van der Waals surface area (Å²) in [5.74, 6) is 3.03. The number of hydrogen-bond acceptors (Lipinski definition) is 6. The number of methoxy groups -OCH3 is 2. The average Bonchev–Trinajstić information content (AvgIpc) is 3.35. The highest BCUT2D eigenvalue weighted by atomic mass is 16.5. The van der Waals surface area contributed by atoms with Crippen LogP contribution >= 0.6 is 0 Å². The Morgan fingerprint density at radius 2 is 1.59 bits per heavy atom. The lowest BCUT2D eigenvalue weighted by atomic mass is 9.84. The monoisotopic (exact) mass is 452 g/mol. The fraction of sp³-hybridized carbons (Fsp3) is 0.185. The van der Waals surface area contributed by atoms with Crippen LogP contribution in [0.5, 0.6) is 17.2 Å². The van der Waals surface area contributed by atoms with Crippen LogP contribution in [-0.4, -0.2) is 29.0 Å².